The molecule has 1 aromatic carbocycles. The van der Waals surface area contributed by atoms with E-state index in [1.54, 1.807) is 0 Å². The Balaban J connectivity index is 2.07. The van der Waals surface area contributed by atoms with Gasteiger partial charge in [-0.2, -0.15) is 0 Å². The molecule has 0 saturated carbocycles. The second-order valence-corrected chi connectivity index (χ2v) is 5.11. The van der Waals surface area contributed by atoms with Gasteiger partial charge in [-0.3, -0.25) is 0 Å². The van der Waals surface area contributed by atoms with Crippen molar-refractivity contribution < 1.29 is 9.47 Å². The Morgan fingerprint density at radius 2 is 2.22 bits per heavy atom. The van der Waals surface area contributed by atoms with Crippen LogP contribution in [0.5, 0.6) is 5.75 Å². The highest BCUT2D eigenvalue weighted by Crippen LogP contribution is 2.30. The third-order valence-corrected chi connectivity index (χ3v) is 3.29. The third-order valence-electron chi connectivity index (χ3n) is 3.29. The molecular formula is C15H23NO2. The molecule has 0 amide bonds. The Labute approximate surface area is 109 Å². The zero-order chi connectivity index (χ0) is 13.0. The van der Waals surface area contributed by atoms with Crippen molar-refractivity contribution in [2.24, 2.45) is 0 Å². The average Bonchev–Trinajstić information content (AvgIpc) is 2.38. The Bertz CT molecular complexity index is 379. The van der Waals surface area contributed by atoms with Crippen molar-refractivity contribution in [3.05, 3.63) is 29.8 Å². The first kappa shape index (κ1) is 13.4. The molecule has 0 aromatic heterocycles. The van der Waals surface area contributed by atoms with Gasteiger partial charge in [-0.25, -0.2) is 0 Å². The second-order valence-electron chi connectivity index (χ2n) is 5.11. The molecule has 0 aliphatic carbocycles. The molecule has 18 heavy (non-hydrogen) atoms. The van der Waals surface area contributed by atoms with Gasteiger partial charge < -0.3 is 14.8 Å². The van der Waals surface area contributed by atoms with Crippen LogP contribution in [0.1, 0.15) is 38.4 Å². The van der Waals surface area contributed by atoms with Crippen molar-refractivity contribution in [2.45, 2.75) is 44.9 Å². The van der Waals surface area contributed by atoms with Crippen LogP contribution in [0.2, 0.25) is 0 Å². The van der Waals surface area contributed by atoms with Crippen LogP contribution in [0, 0.1) is 0 Å². The van der Waals surface area contributed by atoms with Gasteiger partial charge in [0.05, 0.1) is 12.2 Å². The molecule has 3 nitrogen and oxygen atoms in total. The molecule has 100 valence electrons. The number of benzene rings is 1. The third kappa shape index (κ3) is 3.47. The topological polar surface area (TPSA) is 30.5 Å². The van der Waals surface area contributed by atoms with E-state index in [-0.39, 0.29) is 12.2 Å². The minimum atomic E-state index is 0.187. The summed E-state index contributed by atoms with van der Waals surface area (Å²) in [5, 5.41) is 3.34. The maximum absolute atomic E-state index is 5.86. The summed E-state index contributed by atoms with van der Waals surface area (Å²) in [5.41, 5.74) is 1.22. The molecule has 1 aromatic rings. The lowest BCUT2D eigenvalue weighted by molar-refractivity contribution is 0.00138. The summed E-state index contributed by atoms with van der Waals surface area (Å²) in [7, 11) is 2.02. The molecule has 0 bridgehead atoms. The SMILES string of the molecule is CNC1CCOC(c2cccc(OC(C)C)c2)C1. The Hall–Kier alpha value is -1.06. The van der Waals surface area contributed by atoms with Crippen LogP contribution in [0.15, 0.2) is 24.3 Å². The van der Waals surface area contributed by atoms with E-state index in [9.17, 15) is 0 Å². The van der Waals surface area contributed by atoms with Gasteiger partial charge >= 0.3 is 0 Å². The van der Waals surface area contributed by atoms with Crippen LogP contribution in [-0.2, 0) is 4.74 Å². The van der Waals surface area contributed by atoms with Gasteiger partial charge in [-0.05, 0) is 51.4 Å². The first-order valence-corrected chi connectivity index (χ1v) is 6.74. The molecule has 1 saturated heterocycles. The van der Waals surface area contributed by atoms with Crippen LogP contribution in [0.3, 0.4) is 0 Å². The molecule has 1 N–H and O–H groups in total. The maximum atomic E-state index is 5.86. The number of hydrogen-bond donors (Lipinski definition) is 1. The van der Waals surface area contributed by atoms with Crippen LogP contribution in [0.25, 0.3) is 0 Å². The van der Waals surface area contributed by atoms with Crippen molar-refractivity contribution in [2.75, 3.05) is 13.7 Å². The summed E-state index contributed by atoms with van der Waals surface area (Å²) >= 11 is 0. The molecular weight excluding hydrogens is 226 g/mol. The van der Waals surface area contributed by atoms with E-state index < -0.39 is 0 Å². The fourth-order valence-corrected chi connectivity index (χ4v) is 2.35. The van der Waals surface area contributed by atoms with E-state index in [1.165, 1.54) is 5.56 Å². The fourth-order valence-electron chi connectivity index (χ4n) is 2.35. The van der Waals surface area contributed by atoms with Crippen LogP contribution >= 0.6 is 0 Å². The standard InChI is InChI=1S/C15H23NO2/c1-11(2)18-14-6-4-5-12(9-14)15-10-13(16-3)7-8-17-15/h4-6,9,11,13,15-16H,7-8,10H2,1-3H3. The minimum Gasteiger partial charge on any atom is -0.491 e. The average molecular weight is 249 g/mol. The lowest BCUT2D eigenvalue weighted by Gasteiger charge is -2.29. The number of ether oxygens (including phenoxy) is 2. The summed E-state index contributed by atoms with van der Waals surface area (Å²) in [5.74, 6) is 0.928. The van der Waals surface area contributed by atoms with Crippen LogP contribution in [0.4, 0.5) is 0 Å². The van der Waals surface area contributed by atoms with Crippen LogP contribution in [-0.4, -0.2) is 25.8 Å². The monoisotopic (exact) mass is 249 g/mol. The van der Waals surface area contributed by atoms with Crippen molar-refractivity contribution in [1.29, 1.82) is 0 Å². The maximum Gasteiger partial charge on any atom is 0.120 e. The molecule has 1 fully saturated rings. The number of rotatable bonds is 4. The zero-order valence-electron chi connectivity index (χ0n) is 11.5. The van der Waals surface area contributed by atoms with E-state index >= 15 is 0 Å². The fraction of sp³-hybridized carbons (Fsp3) is 0.600. The quantitative estimate of drug-likeness (QED) is 0.890. The molecule has 0 spiro atoms. The van der Waals surface area contributed by atoms with E-state index in [2.05, 4.69) is 17.4 Å². The highest BCUT2D eigenvalue weighted by molar-refractivity contribution is 5.30. The number of nitrogens with one attached hydrogen (secondary N) is 1. The normalized spacial score (nSPS) is 24.2. The van der Waals surface area contributed by atoms with E-state index in [0.29, 0.717) is 6.04 Å². The molecule has 1 heterocycles. The van der Waals surface area contributed by atoms with Gasteiger partial charge in [0.2, 0.25) is 0 Å². The number of hydrogen-bond acceptors (Lipinski definition) is 3. The van der Waals surface area contributed by atoms with E-state index in [0.717, 1.165) is 25.2 Å². The molecule has 3 heteroatoms. The van der Waals surface area contributed by atoms with Crippen molar-refractivity contribution in [3.63, 3.8) is 0 Å². The van der Waals surface area contributed by atoms with Crippen LogP contribution < -0.4 is 10.1 Å². The Morgan fingerprint density at radius 3 is 2.94 bits per heavy atom. The molecule has 0 radical (unpaired) electrons. The smallest absolute Gasteiger partial charge is 0.120 e. The summed E-state index contributed by atoms with van der Waals surface area (Å²) in [6.45, 7) is 4.91. The van der Waals surface area contributed by atoms with Gasteiger partial charge in [-0.1, -0.05) is 12.1 Å². The highest BCUT2D eigenvalue weighted by Gasteiger charge is 2.23. The first-order valence-electron chi connectivity index (χ1n) is 6.74. The predicted octanol–water partition coefficient (Wildman–Crippen LogP) is 2.91. The Morgan fingerprint density at radius 1 is 1.39 bits per heavy atom. The van der Waals surface area contributed by atoms with E-state index in [4.69, 9.17) is 9.47 Å². The van der Waals surface area contributed by atoms with E-state index in [1.807, 2.05) is 33.0 Å². The summed E-state index contributed by atoms with van der Waals surface area (Å²) < 4.78 is 11.6. The second kappa shape index (κ2) is 6.21. The van der Waals surface area contributed by atoms with Crippen molar-refractivity contribution in [3.8, 4) is 5.75 Å². The summed E-state index contributed by atoms with van der Waals surface area (Å²) in [6.07, 6.45) is 2.51. The largest absolute Gasteiger partial charge is 0.491 e. The van der Waals surface area contributed by atoms with Gasteiger partial charge in [0.1, 0.15) is 5.75 Å². The summed E-state index contributed by atoms with van der Waals surface area (Å²) in [6, 6.07) is 8.82. The molecule has 1 aliphatic heterocycles. The highest BCUT2D eigenvalue weighted by atomic mass is 16.5. The molecule has 1 aliphatic rings. The first-order chi connectivity index (χ1) is 8.69. The van der Waals surface area contributed by atoms with Crippen molar-refractivity contribution >= 4 is 0 Å². The molecule has 2 rings (SSSR count). The van der Waals surface area contributed by atoms with Gasteiger partial charge in [-0.15, -0.1) is 0 Å². The lowest BCUT2D eigenvalue weighted by atomic mass is 9.97. The lowest BCUT2D eigenvalue weighted by Crippen LogP contribution is -2.33. The predicted molar refractivity (Wildman–Crippen MR) is 73.0 cm³/mol. The van der Waals surface area contributed by atoms with Crippen molar-refractivity contribution in [1.82, 2.24) is 5.32 Å². The minimum absolute atomic E-state index is 0.187. The summed E-state index contributed by atoms with van der Waals surface area (Å²) in [4.78, 5) is 0. The van der Waals surface area contributed by atoms with Gasteiger partial charge in [0.15, 0.2) is 0 Å². The molecule has 2 unspecified atom stereocenters. The molecule has 2 atom stereocenters. The zero-order valence-corrected chi connectivity index (χ0v) is 11.5. The Kier molecular flexibility index (Phi) is 4.61. The van der Waals surface area contributed by atoms with Gasteiger partial charge in [0.25, 0.3) is 0 Å². The van der Waals surface area contributed by atoms with Gasteiger partial charge in [0, 0.05) is 12.6 Å².